The fourth-order valence-corrected chi connectivity index (χ4v) is 4.55. The van der Waals surface area contributed by atoms with Gasteiger partial charge < -0.3 is 4.57 Å². The second-order valence-electron chi connectivity index (χ2n) is 6.56. The molecular formula is C18H17N3O2. The monoisotopic (exact) mass is 307 g/mol. The molecule has 4 atom stereocenters. The molecule has 2 amide bonds. The molecule has 1 aliphatic heterocycles. The lowest BCUT2D eigenvalue weighted by Crippen LogP contribution is -2.34. The van der Waals surface area contributed by atoms with Gasteiger partial charge in [0.05, 0.1) is 23.8 Å². The first-order chi connectivity index (χ1) is 11.0. The standard InChI is InChI=1S/C18H17N3O2/c1-9-13-15(18(23)21(3)17(13)22)11(8-19)14-10-6-4-5-7-12(10)20(2)16(9)14/h4-7,9,11,13,15H,1-3H3/t9-,11-,13-,15+/m0/s1. The van der Waals surface area contributed by atoms with Gasteiger partial charge >= 0.3 is 0 Å². The lowest BCUT2D eigenvalue weighted by atomic mass is 9.67. The van der Waals surface area contributed by atoms with Crippen LogP contribution < -0.4 is 0 Å². The van der Waals surface area contributed by atoms with Crippen molar-refractivity contribution >= 4 is 22.7 Å². The first kappa shape index (κ1) is 14.0. The predicted molar refractivity (Wildman–Crippen MR) is 84.4 cm³/mol. The Balaban J connectivity index is 2.07. The number of imide groups is 1. The maximum Gasteiger partial charge on any atom is 0.234 e. The van der Waals surface area contributed by atoms with Crippen LogP contribution in [0.4, 0.5) is 0 Å². The fourth-order valence-electron chi connectivity index (χ4n) is 4.55. The van der Waals surface area contributed by atoms with Crippen molar-refractivity contribution in [3.05, 3.63) is 35.5 Å². The van der Waals surface area contributed by atoms with Gasteiger partial charge in [-0.1, -0.05) is 25.1 Å². The zero-order valence-electron chi connectivity index (χ0n) is 13.3. The molecule has 1 aliphatic carbocycles. The summed E-state index contributed by atoms with van der Waals surface area (Å²) in [4.78, 5) is 26.3. The van der Waals surface area contributed by atoms with E-state index >= 15 is 0 Å². The van der Waals surface area contributed by atoms with E-state index in [0.717, 1.165) is 22.2 Å². The molecular weight excluding hydrogens is 290 g/mol. The number of nitrogens with zero attached hydrogens (tertiary/aromatic N) is 3. The zero-order valence-corrected chi connectivity index (χ0v) is 13.3. The number of hydrogen-bond acceptors (Lipinski definition) is 3. The van der Waals surface area contributed by atoms with Crippen molar-refractivity contribution in [2.75, 3.05) is 7.05 Å². The molecule has 0 spiro atoms. The zero-order chi connectivity index (χ0) is 16.5. The van der Waals surface area contributed by atoms with E-state index in [0.29, 0.717) is 0 Å². The highest BCUT2D eigenvalue weighted by Crippen LogP contribution is 2.52. The van der Waals surface area contributed by atoms with Crippen LogP contribution >= 0.6 is 0 Å². The first-order valence-corrected chi connectivity index (χ1v) is 7.77. The average Bonchev–Trinajstić information content (AvgIpc) is 2.97. The molecule has 2 aromatic rings. The highest BCUT2D eigenvalue weighted by Gasteiger charge is 2.57. The number of carbonyl (C=O) groups excluding carboxylic acids is 2. The van der Waals surface area contributed by atoms with Gasteiger partial charge in [0.1, 0.15) is 0 Å². The summed E-state index contributed by atoms with van der Waals surface area (Å²) in [5.41, 5.74) is 2.98. The van der Waals surface area contributed by atoms with Crippen molar-refractivity contribution in [1.29, 1.82) is 5.26 Å². The molecule has 0 bridgehead atoms. The van der Waals surface area contributed by atoms with Crippen molar-refractivity contribution < 1.29 is 9.59 Å². The predicted octanol–water partition coefficient (Wildman–Crippen LogP) is 2.13. The van der Waals surface area contributed by atoms with E-state index in [1.165, 1.54) is 11.9 Å². The number of amides is 2. The number of aryl methyl sites for hydroxylation is 1. The number of rotatable bonds is 0. The van der Waals surface area contributed by atoms with Crippen molar-refractivity contribution in [2.24, 2.45) is 18.9 Å². The van der Waals surface area contributed by atoms with Crippen molar-refractivity contribution in [3.8, 4) is 6.07 Å². The van der Waals surface area contributed by atoms with E-state index in [2.05, 4.69) is 10.6 Å². The molecule has 1 saturated heterocycles. The van der Waals surface area contributed by atoms with Crippen LogP contribution in [0.25, 0.3) is 10.9 Å². The lowest BCUT2D eigenvalue weighted by Gasteiger charge is -2.32. The van der Waals surface area contributed by atoms with E-state index in [1.807, 2.05) is 38.2 Å². The molecule has 5 heteroatoms. The van der Waals surface area contributed by atoms with Gasteiger partial charge in [0.2, 0.25) is 11.8 Å². The van der Waals surface area contributed by atoms with Crippen molar-refractivity contribution in [3.63, 3.8) is 0 Å². The van der Waals surface area contributed by atoms with Crippen LogP contribution in [0.5, 0.6) is 0 Å². The first-order valence-electron chi connectivity index (χ1n) is 7.77. The summed E-state index contributed by atoms with van der Waals surface area (Å²) in [7, 11) is 3.49. The van der Waals surface area contributed by atoms with Gasteiger partial charge in [0.15, 0.2) is 0 Å². The van der Waals surface area contributed by atoms with Gasteiger partial charge in [-0.2, -0.15) is 5.26 Å². The molecule has 1 fully saturated rings. The van der Waals surface area contributed by atoms with Gasteiger partial charge in [0.25, 0.3) is 0 Å². The Hall–Kier alpha value is -2.61. The largest absolute Gasteiger partial charge is 0.347 e. The van der Waals surface area contributed by atoms with Crippen LogP contribution in [-0.2, 0) is 16.6 Å². The number of hydrogen-bond donors (Lipinski definition) is 0. The molecule has 5 nitrogen and oxygen atoms in total. The SMILES string of the molecule is C[C@@H]1c2c(c3ccccc3n2C)[C@H](C#N)[C@H]2C(=O)N(C)C(=O)[C@H]21. The van der Waals surface area contributed by atoms with E-state index in [-0.39, 0.29) is 17.7 Å². The molecule has 1 aromatic carbocycles. The summed E-state index contributed by atoms with van der Waals surface area (Å²) in [6.45, 7) is 1.99. The molecule has 0 unspecified atom stereocenters. The summed E-state index contributed by atoms with van der Waals surface area (Å²) in [6.07, 6.45) is 0. The average molecular weight is 307 g/mol. The number of nitriles is 1. The van der Waals surface area contributed by atoms with Crippen LogP contribution in [0.15, 0.2) is 24.3 Å². The van der Waals surface area contributed by atoms with Crippen LogP contribution in [-0.4, -0.2) is 28.3 Å². The van der Waals surface area contributed by atoms with E-state index in [1.54, 1.807) is 0 Å². The van der Waals surface area contributed by atoms with Gasteiger partial charge in [0, 0.05) is 36.6 Å². The summed E-state index contributed by atoms with van der Waals surface area (Å²) < 4.78 is 2.08. The number of likely N-dealkylation sites (tertiary alicyclic amines) is 1. The van der Waals surface area contributed by atoms with Crippen molar-refractivity contribution in [2.45, 2.75) is 18.8 Å². The molecule has 0 N–H and O–H groups in total. The maximum atomic E-state index is 12.6. The van der Waals surface area contributed by atoms with Crippen LogP contribution in [0.3, 0.4) is 0 Å². The topological polar surface area (TPSA) is 66.1 Å². The molecule has 2 aliphatic rings. The summed E-state index contributed by atoms with van der Waals surface area (Å²) in [6, 6.07) is 10.2. The minimum atomic E-state index is -0.571. The van der Waals surface area contributed by atoms with Crippen molar-refractivity contribution in [1.82, 2.24) is 9.47 Å². The third-order valence-corrected chi connectivity index (χ3v) is 5.59. The second-order valence-corrected chi connectivity index (χ2v) is 6.56. The number of benzene rings is 1. The summed E-state index contributed by atoms with van der Waals surface area (Å²) in [5.74, 6) is -2.05. The smallest absolute Gasteiger partial charge is 0.234 e. The minimum Gasteiger partial charge on any atom is -0.347 e. The Kier molecular flexibility index (Phi) is 2.71. The van der Waals surface area contributed by atoms with Gasteiger partial charge in [-0.25, -0.2) is 0 Å². The quantitative estimate of drug-likeness (QED) is 0.700. The van der Waals surface area contributed by atoms with Crippen LogP contribution in [0.1, 0.15) is 30.0 Å². The molecule has 23 heavy (non-hydrogen) atoms. The Bertz CT molecular complexity index is 905. The van der Waals surface area contributed by atoms with Crippen LogP contribution in [0, 0.1) is 23.2 Å². The lowest BCUT2D eigenvalue weighted by molar-refractivity contribution is -0.138. The normalized spacial score (nSPS) is 29.6. The van der Waals surface area contributed by atoms with Crippen LogP contribution in [0.2, 0.25) is 0 Å². The van der Waals surface area contributed by atoms with Gasteiger partial charge in [-0.3, -0.25) is 14.5 Å². The maximum absolute atomic E-state index is 12.6. The Morgan fingerprint density at radius 1 is 1.09 bits per heavy atom. The Labute approximate surface area is 134 Å². The Morgan fingerprint density at radius 3 is 2.43 bits per heavy atom. The summed E-state index contributed by atoms with van der Waals surface area (Å²) >= 11 is 0. The van der Waals surface area contributed by atoms with E-state index < -0.39 is 17.8 Å². The van der Waals surface area contributed by atoms with E-state index in [9.17, 15) is 14.9 Å². The molecule has 0 saturated carbocycles. The fraction of sp³-hybridized carbons (Fsp3) is 0.389. The summed E-state index contributed by atoms with van der Waals surface area (Å²) in [5, 5.41) is 10.8. The van der Waals surface area contributed by atoms with Gasteiger partial charge in [-0.05, 0) is 11.6 Å². The van der Waals surface area contributed by atoms with E-state index in [4.69, 9.17) is 0 Å². The van der Waals surface area contributed by atoms with Gasteiger partial charge in [-0.15, -0.1) is 0 Å². The number of fused-ring (bicyclic) bond motifs is 4. The minimum absolute atomic E-state index is 0.0848. The molecule has 2 heterocycles. The molecule has 0 radical (unpaired) electrons. The third-order valence-electron chi connectivity index (χ3n) is 5.59. The molecule has 1 aromatic heterocycles. The third kappa shape index (κ3) is 1.51. The highest BCUT2D eigenvalue weighted by molar-refractivity contribution is 6.07. The molecule has 4 rings (SSSR count). The molecule has 116 valence electrons. The number of aromatic nitrogens is 1. The second kappa shape index (κ2) is 4.45. The Morgan fingerprint density at radius 2 is 1.74 bits per heavy atom. The number of para-hydroxylation sites is 1. The highest BCUT2D eigenvalue weighted by atomic mass is 16.2. The number of carbonyl (C=O) groups is 2.